The van der Waals surface area contributed by atoms with Gasteiger partial charge in [-0.25, -0.2) is 4.79 Å². The molecule has 0 saturated carbocycles. The monoisotopic (exact) mass is 703 g/mol. The minimum Gasteiger partial charge on any atom is -0.491 e. The fraction of sp³-hybridized carbons (Fsp3) is 0.474. The van der Waals surface area contributed by atoms with Crippen LogP contribution in [0.2, 0.25) is 0 Å². The second-order valence-corrected chi connectivity index (χ2v) is 14.5. The number of aromatic nitrogens is 1. The van der Waals surface area contributed by atoms with Crippen LogP contribution in [0.15, 0.2) is 59.2 Å². The van der Waals surface area contributed by atoms with Gasteiger partial charge in [-0.15, -0.1) is 0 Å². The Morgan fingerprint density at radius 1 is 0.957 bits per heavy atom. The van der Waals surface area contributed by atoms with Crippen molar-refractivity contribution in [1.29, 1.82) is 10.5 Å². The molecule has 47 heavy (non-hydrogen) atoms. The number of nitrogens with one attached hydrogen (secondary N) is 1. The molecule has 3 rings (SSSR count). The summed E-state index contributed by atoms with van der Waals surface area (Å²) in [6.07, 6.45) is 4.67. The van der Waals surface area contributed by atoms with E-state index in [1.165, 1.54) is 0 Å². The number of amides is 1. The van der Waals surface area contributed by atoms with Crippen LogP contribution in [0.1, 0.15) is 90.1 Å². The summed E-state index contributed by atoms with van der Waals surface area (Å²) in [5.41, 5.74) is 10.7. The first-order chi connectivity index (χ1) is 22.1. The number of carbonyl (C=O) groups is 1. The summed E-state index contributed by atoms with van der Waals surface area (Å²) in [4.78, 5) is 16.2. The summed E-state index contributed by atoms with van der Waals surface area (Å²) in [7, 11) is 0. The maximum atomic E-state index is 12.0. The number of nitriles is 2. The summed E-state index contributed by atoms with van der Waals surface area (Å²) in [5.74, 6) is 1.58. The molecule has 8 nitrogen and oxygen atoms in total. The molecule has 3 aromatic rings. The van der Waals surface area contributed by atoms with Crippen LogP contribution >= 0.6 is 15.9 Å². The number of nitrogens with two attached hydrogens (primary N) is 1. The van der Waals surface area contributed by atoms with Crippen LogP contribution in [-0.2, 0) is 11.2 Å². The van der Waals surface area contributed by atoms with Crippen molar-refractivity contribution >= 4 is 22.0 Å². The van der Waals surface area contributed by atoms with E-state index < -0.39 is 5.60 Å². The largest absolute Gasteiger partial charge is 0.491 e. The summed E-state index contributed by atoms with van der Waals surface area (Å²) < 4.78 is 12.0. The van der Waals surface area contributed by atoms with E-state index in [0.717, 1.165) is 52.5 Å². The molecule has 0 spiro atoms. The molecular weight excluding hydrogens is 654 g/mol. The summed E-state index contributed by atoms with van der Waals surface area (Å²) in [6, 6.07) is 19.7. The first-order valence-corrected chi connectivity index (χ1v) is 16.9. The Hall–Kier alpha value is -3.92. The highest BCUT2D eigenvalue weighted by atomic mass is 79.9. The fourth-order valence-electron chi connectivity index (χ4n) is 5.01. The Balaban J connectivity index is 0.000000327. The molecule has 0 fully saturated rings. The lowest BCUT2D eigenvalue weighted by Crippen LogP contribution is -2.40. The van der Waals surface area contributed by atoms with Gasteiger partial charge in [0.1, 0.15) is 24.0 Å². The van der Waals surface area contributed by atoms with Crippen LogP contribution in [0, 0.1) is 41.4 Å². The quantitative estimate of drug-likeness (QED) is 0.192. The normalized spacial score (nSPS) is 12.3. The molecule has 252 valence electrons. The van der Waals surface area contributed by atoms with Gasteiger partial charge in [0.2, 0.25) is 0 Å². The molecule has 0 radical (unpaired) electrons. The second-order valence-electron chi connectivity index (χ2n) is 13.6. The van der Waals surface area contributed by atoms with Crippen molar-refractivity contribution in [3.63, 3.8) is 0 Å². The summed E-state index contributed by atoms with van der Waals surface area (Å²) in [5, 5.41) is 21.6. The zero-order valence-electron chi connectivity index (χ0n) is 29.1. The Kier molecular flexibility index (Phi) is 15.9. The number of rotatable bonds is 12. The lowest BCUT2D eigenvalue weighted by Gasteiger charge is -2.24. The average molecular weight is 705 g/mol. The van der Waals surface area contributed by atoms with E-state index in [4.69, 9.17) is 15.2 Å². The van der Waals surface area contributed by atoms with Crippen molar-refractivity contribution < 1.29 is 14.3 Å². The molecule has 0 aliphatic carbocycles. The zero-order valence-corrected chi connectivity index (χ0v) is 30.6. The molecular formula is C38H50BrN5O3. The fourth-order valence-corrected chi connectivity index (χ4v) is 5.37. The van der Waals surface area contributed by atoms with Gasteiger partial charge in [-0.2, -0.15) is 10.5 Å². The van der Waals surface area contributed by atoms with Gasteiger partial charge in [-0.1, -0.05) is 55.8 Å². The minimum atomic E-state index is -0.508. The number of halogens is 1. The van der Waals surface area contributed by atoms with E-state index >= 15 is 0 Å². The van der Waals surface area contributed by atoms with Gasteiger partial charge in [0.25, 0.3) is 0 Å². The van der Waals surface area contributed by atoms with Crippen molar-refractivity contribution in [2.24, 2.45) is 17.6 Å². The van der Waals surface area contributed by atoms with Crippen molar-refractivity contribution in [3.8, 4) is 29.0 Å². The van der Waals surface area contributed by atoms with Gasteiger partial charge in [0.15, 0.2) is 0 Å². The van der Waals surface area contributed by atoms with E-state index in [0.29, 0.717) is 35.3 Å². The number of hydrogen-bond donors (Lipinski definition) is 2. The van der Waals surface area contributed by atoms with Crippen LogP contribution in [0.5, 0.6) is 5.75 Å². The minimum absolute atomic E-state index is 0.0232. The van der Waals surface area contributed by atoms with Gasteiger partial charge in [-0.05, 0) is 118 Å². The average Bonchev–Trinajstić information content (AvgIpc) is 2.97. The van der Waals surface area contributed by atoms with E-state index in [-0.39, 0.29) is 18.2 Å². The standard InChI is InChI=1S/C19H27BrN2O2.C19H23N3O/c1-13(2)10-17(22-18(23)24-19(3,4)5)9-7-14-6-8-16(20)11-15(14)12-21;1-13(2)8-18(21)12-23-19-5-4-15(10-17(19)11-20)16-6-7-22-14(3)9-16/h6,8,11,13,17H,7,9-10H2,1-5H3,(H,22,23);4-7,9-10,13,18H,8,12,21H2,1-3H3/t17-;18-/m10/s1. The third-order valence-corrected chi connectivity index (χ3v) is 7.48. The molecule has 2 aromatic carbocycles. The molecule has 0 aliphatic heterocycles. The van der Waals surface area contributed by atoms with Crippen LogP contribution in [0.4, 0.5) is 4.79 Å². The molecule has 3 N–H and O–H groups in total. The number of benzene rings is 2. The Labute approximate surface area is 289 Å². The number of nitrogens with zero attached hydrogens (tertiary/aromatic N) is 3. The molecule has 0 unspecified atom stereocenters. The molecule has 0 aliphatic rings. The first kappa shape index (κ1) is 39.3. The Morgan fingerprint density at radius 3 is 2.21 bits per heavy atom. The summed E-state index contributed by atoms with van der Waals surface area (Å²) >= 11 is 3.39. The highest BCUT2D eigenvalue weighted by molar-refractivity contribution is 9.10. The molecule has 2 atom stereocenters. The molecule has 1 amide bonds. The highest BCUT2D eigenvalue weighted by Gasteiger charge is 2.20. The highest BCUT2D eigenvalue weighted by Crippen LogP contribution is 2.27. The predicted octanol–water partition coefficient (Wildman–Crippen LogP) is 8.87. The van der Waals surface area contributed by atoms with Crippen molar-refractivity contribution in [1.82, 2.24) is 10.3 Å². The van der Waals surface area contributed by atoms with Crippen LogP contribution in [0.25, 0.3) is 11.1 Å². The third-order valence-electron chi connectivity index (χ3n) is 6.99. The number of alkyl carbamates (subject to hydrolysis) is 1. The molecule has 9 heteroatoms. The third kappa shape index (κ3) is 15.0. The maximum Gasteiger partial charge on any atom is 0.407 e. The molecule has 0 bridgehead atoms. The second kappa shape index (κ2) is 19.0. The van der Waals surface area contributed by atoms with Gasteiger partial charge in [-0.3, -0.25) is 4.98 Å². The van der Waals surface area contributed by atoms with Crippen molar-refractivity contribution in [3.05, 3.63) is 81.6 Å². The van der Waals surface area contributed by atoms with E-state index in [1.54, 1.807) is 6.20 Å². The van der Waals surface area contributed by atoms with Gasteiger partial charge in [0, 0.05) is 28.4 Å². The Bertz CT molecular complexity index is 1540. The lowest BCUT2D eigenvalue weighted by atomic mass is 9.96. The summed E-state index contributed by atoms with van der Waals surface area (Å²) in [6.45, 7) is 16.4. The molecule has 1 aromatic heterocycles. The van der Waals surface area contributed by atoms with E-state index in [1.807, 2.05) is 76.2 Å². The topological polar surface area (TPSA) is 134 Å². The number of ether oxygens (including phenoxy) is 2. The van der Waals surface area contributed by atoms with Crippen molar-refractivity contribution in [2.75, 3.05) is 6.61 Å². The number of hydrogen-bond acceptors (Lipinski definition) is 7. The zero-order chi connectivity index (χ0) is 35.1. The van der Waals surface area contributed by atoms with Gasteiger partial charge < -0.3 is 20.5 Å². The number of pyridine rings is 1. The van der Waals surface area contributed by atoms with Crippen molar-refractivity contribution in [2.45, 2.75) is 98.8 Å². The molecule has 0 saturated heterocycles. The van der Waals surface area contributed by atoms with Crippen LogP contribution in [0.3, 0.4) is 0 Å². The maximum absolute atomic E-state index is 12.0. The number of carbonyl (C=O) groups excluding carboxylic acids is 1. The predicted molar refractivity (Wildman–Crippen MR) is 192 cm³/mol. The molecule has 1 heterocycles. The number of aryl methyl sites for hydroxylation is 2. The van der Waals surface area contributed by atoms with E-state index in [2.05, 4.69) is 66.1 Å². The van der Waals surface area contributed by atoms with Crippen LogP contribution in [-0.4, -0.2) is 35.4 Å². The Morgan fingerprint density at radius 2 is 1.62 bits per heavy atom. The van der Waals surface area contributed by atoms with Crippen LogP contribution < -0.4 is 15.8 Å². The lowest BCUT2D eigenvalue weighted by molar-refractivity contribution is 0.0496. The SMILES string of the molecule is CC(C)C[C@@H](CCc1ccc(Br)cc1C#N)NC(=O)OC(C)(C)C.Cc1cc(-c2ccc(OC[C@@H](N)CC(C)C)c(C#N)c2)ccn1. The van der Waals surface area contributed by atoms with Gasteiger partial charge >= 0.3 is 6.09 Å². The smallest absolute Gasteiger partial charge is 0.407 e. The first-order valence-electron chi connectivity index (χ1n) is 16.1. The van der Waals surface area contributed by atoms with Gasteiger partial charge in [0.05, 0.1) is 17.2 Å². The van der Waals surface area contributed by atoms with E-state index in [9.17, 15) is 15.3 Å².